The van der Waals surface area contributed by atoms with Crippen molar-refractivity contribution in [3.05, 3.63) is 41.7 Å². The number of hydrogen-bond donors (Lipinski definition) is 2. The van der Waals surface area contributed by atoms with Gasteiger partial charge in [-0.15, -0.1) is 0 Å². The number of nitrogens with two attached hydrogens (primary N) is 1. The van der Waals surface area contributed by atoms with Gasteiger partial charge in [0.15, 0.2) is 0 Å². The van der Waals surface area contributed by atoms with Gasteiger partial charge in [0.25, 0.3) is 0 Å². The van der Waals surface area contributed by atoms with E-state index in [0.717, 1.165) is 19.5 Å². The number of nitrogen functional groups attached to an aromatic ring is 1. The van der Waals surface area contributed by atoms with Crippen LogP contribution < -0.4 is 16.0 Å². The van der Waals surface area contributed by atoms with Crippen LogP contribution in [0.4, 0.5) is 17.3 Å². The number of nitrogens with zero attached hydrogens (tertiary/aromatic N) is 3. The minimum absolute atomic E-state index is 0.297. The zero-order valence-electron chi connectivity index (χ0n) is 11.4. The molecule has 5 nitrogen and oxygen atoms in total. The molecule has 0 unspecified atom stereocenters. The van der Waals surface area contributed by atoms with Crippen LogP contribution in [-0.4, -0.2) is 30.1 Å². The molecule has 0 bridgehead atoms. The summed E-state index contributed by atoms with van der Waals surface area (Å²) in [7, 11) is 2.07. The average molecular weight is 292 g/mol. The highest BCUT2D eigenvalue weighted by Gasteiger charge is 2.05. The van der Waals surface area contributed by atoms with Crippen molar-refractivity contribution in [1.82, 2.24) is 9.97 Å². The van der Waals surface area contributed by atoms with Crippen LogP contribution in [0.15, 0.2) is 36.7 Å². The Morgan fingerprint density at radius 1 is 1.25 bits per heavy atom. The fourth-order valence-electron chi connectivity index (χ4n) is 1.84. The van der Waals surface area contributed by atoms with Crippen LogP contribution in [-0.2, 0) is 0 Å². The second-order valence-electron chi connectivity index (χ2n) is 4.46. The van der Waals surface area contributed by atoms with Crippen LogP contribution >= 0.6 is 11.6 Å². The standard InChI is InChI=1S/C14H18ClN5/c1-20(11-6-3-2-4-7-11)9-5-8-17-14-12(15)13(16)18-10-19-14/h2-4,6-7,10H,5,8-9H2,1H3,(H3,16,17,18,19). The van der Waals surface area contributed by atoms with Crippen molar-refractivity contribution < 1.29 is 0 Å². The molecule has 1 aromatic heterocycles. The summed E-state index contributed by atoms with van der Waals surface area (Å²) in [6.07, 6.45) is 2.37. The largest absolute Gasteiger partial charge is 0.382 e. The average Bonchev–Trinajstić information content (AvgIpc) is 2.48. The lowest BCUT2D eigenvalue weighted by Gasteiger charge is -2.19. The molecule has 0 spiro atoms. The highest BCUT2D eigenvalue weighted by Crippen LogP contribution is 2.22. The lowest BCUT2D eigenvalue weighted by atomic mass is 10.3. The van der Waals surface area contributed by atoms with E-state index in [2.05, 4.69) is 39.4 Å². The highest BCUT2D eigenvalue weighted by molar-refractivity contribution is 6.35. The number of para-hydroxylation sites is 1. The van der Waals surface area contributed by atoms with Crippen LogP contribution in [0.1, 0.15) is 6.42 Å². The van der Waals surface area contributed by atoms with Gasteiger partial charge in [-0.25, -0.2) is 9.97 Å². The molecule has 0 fully saturated rings. The summed E-state index contributed by atoms with van der Waals surface area (Å²) >= 11 is 6.01. The number of halogens is 1. The van der Waals surface area contributed by atoms with Gasteiger partial charge in [-0.1, -0.05) is 29.8 Å². The number of anilines is 3. The minimum Gasteiger partial charge on any atom is -0.382 e. The lowest BCUT2D eigenvalue weighted by Crippen LogP contribution is -2.21. The van der Waals surface area contributed by atoms with Crippen molar-refractivity contribution in [2.75, 3.05) is 36.1 Å². The minimum atomic E-state index is 0.297. The molecule has 0 saturated heterocycles. The maximum atomic E-state index is 6.01. The van der Waals surface area contributed by atoms with Gasteiger partial charge in [0.05, 0.1) is 0 Å². The van der Waals surface area contributed by atoms with Crippen LogP contribution in [0.3, 0.4) is 0 Å². The second-order valence-corrected chi connectivity index (χ2v) is 4.84. The first-order valence-electron chi connectivity index (χ1n) is 6.44. The highest BCUT2D eigenvalue weighted by atomic mass is 35.5. The van der Waals surface area contributed by atoms with Crippen LogP contribution in [0.25, 0.3) is 0 Å². The predicted molar refractivity (Wildman–Crippen MR) is 84.3 cm³/mol. The number of aromatic nitrogens is 2. The lowest BCUT2D eigenvalue weighted by molar-refractivity contribution is 0.814. The molecule has 3 N–H and O–H groups in total. The first-order valence-corrected chi connectivity index (χ1v) is 6.82. The molecule has 0 atom stereocenters. The summed E-state index contributed by atoms with van der Waals surface area (Å²) in [6.45, 7) is 1.71. The topological polar surface area (TPSA) is 67.1 Å². The molecule has 106 valence electrons. The maximum Gasteiger partial charge on any atom is 0.150 e. The molecule has 0 aliphatic rings. The Kier molecular flexibility index (Phi) is 5.01. The Labute approximate surface area is 123 Å². The second kappa shape index (κ2) is 6.96. The molecule has 2 rings (SSSR count). The van der Waals surface area contributed by atoms with E-state index in [4.69, 9.17) is 17.3 Å². The Morgan fingerprint density at radius 2 is 2.00 bits per heavy atom. The van der Waals surface area contributed by atoms with Crippen molar-refractivity contribution in [3.8, 4) is 0 Å². The van der Waals surface area contributed by atoms with Gasteiger partial charge in [-0.05, 0) is 18.6 Å². The third kappa shape index (κ3) is 3.74. The molecule has 20 heavy (non-hydrogen) atoms. The molecule has 1 heterocycles. The Bertz CT molecular complexity index is 547. The Hall–Kier alpha value is -2.01. The van der Waals surface area contributed by atoms with E-state index in [1.807, 2.05) is 18.2 Å². The third-order valence-corrected chi connectivity index (χ3v) is 3.35. The Morgan fingerprint density at radius 3 is 2.75 bits per heavy atom. The fraction of sp³-hybridized carbons (Fsp3) is 0.286. The summed E-state index contributed by atoms with van der Waals surface area (Å²) in [6, 6.07) is 10.3. The van der Waals surface area contributed by atoms with Crippen molar-refractivity contribution in [3.63, 3.8) is 0 Å². The molecule has 0 saturated carbocycles. The number of nitrogens with one attached hydrogen (secondary N) is 1. The number of benzene rings is 1. The molecule has 1 aromatic carbocycles. The first kappa shape index (κ1) is 14.4. The van der Waals surface area contributed by atoms with Gasteiger partial charge in [-0.3, -0.25) is 0 Å². The van der Waals surface area contributed by atoms with Crippen LogP contribution in [0.2, 0.25) is 5.02 Å². The summed E-state index contributed by atoms with van der Waals surface area (Å²) in [4.78, 5) is 10.1. The van der Waals surface area contributed by atoms with E-state index in [9.17, 15) is 0 Å². The van der Waals surface area contributed by atoms with Crippen molar-refractivity contribution in [2.45, 2.75) is 6.42 Å². The van der Waals surface area contributed by atoms with E-state index >= 15 is 0 Å². The smallest absolute Gasteiger partial charge is 0.150 e. The monoisotopic (exact) mass is 291 g/mol. The van der Waals surface area contributed by atoms with E-state index < -0.39 is 0 Å². The Balaban J connectivity index is 1.78. The quantitative estimate of drug-likeness (QED) is 0.801. The number of hydrogen-bond acceptors (Lipinski definition) is 5. The van der Waals surface area contributed by atoms with Crippen molar-refractivity contribution >= 4 is 28.9 Å². The predicted octanol–water partition coefficient (Wildman–Crippen LogP) is 2.65. The zero-order valence-corrected chi connectivity index (χ0v) is 12.1. The van der Waals surface area contributed by atoms with Gasteiger partial charge < -0.3 is 16.0 Å². The summed E-state index contributed by atoms with van der Waals surface area (Å²) in [5.41, 5.74) is 6.82. The summed E-state index contributed by atoms with van der Waals surface area (Å²) < 4.78 is 0. The van der Waals surface area contributed by atoms with Crippen LogP contribution in [0.5, 0.6) is 0 Å². The van der Waals surface area contributed by atoms with E-state index in [1.54, 1.807) is 0 Å². The van der Waals surface area contributed by atoms with E-state index in [0.29, 0.717) is 16.7 Å². The molecular formula is C14H18ClN5. The molecule has 0 radical (unpaired) electrons. The van der Waals surface area contributed by atoms with E-state index in [-0.39, 0.29) is 0 Å². The third-order valence-electron chi connectivity index (χ3n) is 2.98. The molecule has 0 aliphatic heterocycles. The molecular weight excluding hydrogens is 274 g/mol. The SMILES string of the molecule is CN(CCCNc1ncnc(N)c1Cl)c1ccccc1. The van der Waals surface area contributed by atoms with Crippen molar-refractivity contribution in [2.24, 2.45) is 0 Å². The van der Waals surface area contributed by atoms with Gasteiger partial charge in [0, 0.05) is 25.8 Å². The number of rotatable bonds is 6. The maximum absolute atomic E-state index is 6.01. The summed E-state index contributed by atoms with van der Waals surface area (Å²) in [5, 5.41) is 3.55. The van der Waals surface area contributed by atoms with Crippen molar-refractivity contribution in [1.29, 1.82) is 0 Å². The zero-order chi connectivity index (χ0) is 14.4. The van der Waals surface area contributed by atoms with Gasteiger partial charge in [-0.2, -0.15) is 0 Å². The van der Waals surface area contributed by atoms with Gasteiger partial charge in [0.1, 0.15) is 23.0 Å². The molecule has 6 heteroatoms. The molecule has 2 aromatic rings. The van der Waals surface area contributed by atoms with Gasteiger partial charge in [0.2, 0.25) is 0 Å². The summed E-state index contributed by atoms with van der Waals surface area (Å²) in [5.74, 6) is 0.882. The molecule has 0 aliphatic carbocycles. The first-order chi connectivity index (χ1) is 9.68. The normalized spacial score (nSPS) is 10.3. The fourth-order valence-corrected chi connectivity index (χ4v) is 2.01. The van der Waals surface area contributed by atoms with E-state index in [1.165, 1.54) is 12.0 Å². The molecule has 0 amide bonds. The van der Waals surface area contributed by atoms with Crippen LogP contribution in [0, 0.1) is 0 Å². The van der Waals surface area contributed by atoms with Gasteiger partial charge >= 0.3 is 0 Å².